The molecule has 0 radical (unpaired) electrons. The van der Waals surface area contributed by atoms with Crippen molar-refractivity contribution in [2.45, 2.75) is 6.54 Å². The van der Waals surface area contributed by atoms with E-state index in [1.807, 2.05) is 0 Å². The SMILES string of the molecule is CNS(=O)(=O)CC(=O)NCc1ccc(Cl)cc1. The second-order valence-corrected chi connectivity index (χ2v) is 5.73. The molecule has 7 heteroatoms. The van der Waals surface area contributed by atoms with Gasteiger partial charge in [-0.25, -0.2) is 13.1 Å². The van der Waals surface area contributed by atoms with Crippen molar-refractivity contribution in [3.8, 4) is 0 Å². The summed E-state index contributed by atoms with van der Waals surface area (Å²) in [5.74, 6) is -1.12. The molecular formula is C10H13ClN2O3S. The molecule has 0 heterocycles. The zero-order valence-electron chi connectivity index (χ0n) is 9.23. The van der Waals surface area contributed by atoms with Gasteiger partial charge in [-0.2, -0.15) is 0 Å². The first-order chi connectivity index (χ1) is 7.93. The molecule has 0 spiro atoms. The van der Waals surface area contributed by atoms with Crippen LogP contribution in [0.25, 0.3) is 0 Å². The first kappa shape index (κ1) is 14.0. The van der Waals surface area contributed by atoms with Gasteiger partial charge >= 0.3 is 0 Å². The van der Waals surface area contributed by atoms with Crippen LogP contribution >= 0.6 is 11.6 Å². The third-order valence-corrected chi connectivity index (χ3v) is 3.55. The number of benzene rings is 1. The van der Waals surface area contributed by atoms with Crippen LogP contribution in [0.1, 0.15) is 5.56 Å². The zero-order valence-corrected chi connectivity index (χ0v) is 10.8. The average Bonchev–Trinajstić information content (AvgIpc) is 2.28. The Morgan fingerprint density at radius 3 is 2.41 bits per heavy atom. The van der Waals surface area contributed by atoms with E-state index < -0.39 is 21.7 Å². The van der Waals surface area contributed by atoms with E-state index in [-0.39, 0.29) is 6.54 Å². The van der Waals surface area contributed by atoms with Gasteiger partial charge < -0.3 is 5.32 Å². The fraction of sp³-hybridized carbons (Fsp3) is 0.300. The summed E-state index contributed by atoms with van der Waals surface area (Å²) in [5.41, 5.74) is 0.851. The maximum atomic E-state index is 11.3. The molecular weight excluding hydrogens is 264 g/mol. The van der Waals surface area contributed by atoms with E-state index in [4.69, 9.17) is 11.6 Å². The first-order valence-corrected chi connectivity index (χ1v) is 6.88. The lowest BCUT2D eigenvalue weighted by Gasteiger charge is -2.05. The van der Waals surface area contributed by atoms with Crippen molar-refractivity contribution in [3.63, 3.8) is 0 Å². The number of rotatable bonds is 5. The smallest absolute Gasteiger partial charge is 0.236 e. The molecule has 5 nitrogen and oxygen atoms in total. The molecule has 0 saturated carbocycles. The van der Waals surface area contributed by atoms with Crippen LogP contribution in [-0.4, -0.2) is 27.1 Å². The highest BCUT2D eigenvalue weighted by Gasteiger charge is 2.13. The summed E-state index contributed by atoms with van der Waals surface area (Å²) >= 11 is 5.71. The van der Waals surface area contributed by atoms with Gasteiger partial charge in [-0.1, -0.05) is 23.7 Å². The number of sulfonamides is 1. The Labute approximate surface area is 105 Å². The molecule has 0 aliphatic carbocycles. The van der Waals surface area contributed by atoms with Gasteiger partial charge in [0.2, 0.25) is 15.9 Å². The van der Waals surface area contributed by atoms with Crippen LogP contribution < -0.4 is 10.0 Å². The van der Waals surface area contributed by atoms with Crippen molar-refractivity contribution >= 4 is 27.5 Å². The highest BCUT2D eigenvalue weighted by molar-refractivity contribution is 7.90. The molecule has 94 valence electrons. The molecule has 2 N–H and O–H groups in total. The first-order valence-electron chi connectivity index (χ1n) is 4.85. The molecule has 0 saturated heterocycles. The summed E-state index contributed by atoms with van der Waals surface area (Å²) in [5, 5.41) is 3.12. The molecule has 0 bridgehead atoms. The Morgan fingerprint density at radius 1 is 1.29 bits per heavy atom. The quantitative estimate of drug-likeness (QED) is 0.823. The van der Waals surface area contributed by atoms with Gasteiger partial charge in [0.1, 0.15) is 5.75 Å². The summed E-state index contributed by atoms with van der Waals surface area (Å²) in [7, 11) is -2.25. The van der Waals surface area contributed by atoms with E-state index in [2.05, 4.69) is 10.0 Å². The van der Waals surface area contributed by atoms with Gasteiger partial charge in [-0.3, -0.25) is 4.79 Å². The fourth-order valence-electron chi connectivity index (χ4n) is 1.10. The van der Waals surface area contributed by atoms with Crippen molar-refractivity contribution in [2.75, 3.05) is 12.8 Å². The van der Waals surface area contributed by atoms with Crippen molar-refractivity contribution in [3.05, 3.63) is 34.9 Å². The van der Waals surface area contributed by atoms with E-state index >= 15 is 0 Å². The number of nitrogens with one attached hydrogen (secondary N) is 2. The largest absolute Gasteiger partial charge is 0.351 e. The summed E-state index contributed by atoms with van der Waals surface area (Å²) in [4.78, 5) is 11.3. The molecule has 0 atom stereocenters. The molecule has 0 fully saturated rings. The lowest BCUT2D eigenvalue weighted by Crippen LogP contribution is -2.34. The zero-order chi connectivity index (χ0) is 12.9. The maximum absolute atomic E-state index is 11.3. The monoisotopic (exact) mass is 276 g/mol. The normalized spacial score (nSPS) is 11.2. The molecule has 0 aliphatic heterocycles. The minimum atomic E-state index is -3.51. The predicted molar refractivity (Wildman–Crippen MR) is 66.1 cm³/mol. The van der Waals surface area contributed by atoms with Crippen LogP contribution in [0.5, 0.6) is 0 Å². The van der Waals surface area contributed by atoms with E-state index in [0.29, 0.717) is 5.02 Å². The van der Waals surface area contributed by atoms with E-state index in [9.17, 15) is 13.2 Å². The Hall–Kier alpha value is -1.11. The lowest BCUT2D eigenvalue weighted by atomic mass is 10.2. The van der Waals surface area contributed by atoms with Gasteiger partial charge in [-0.05, 0) is 24.7 Å². The summed E-state index contributed by atoms with van der Waals surface area (Å²) in [6, 6.07) is 6.92. The molecule has 1 rings (SSSR count). The molecule has 0 unspecified atom stereocenters. The van der Waals surface area contributed by atoms with Crippen molar-refractivity contribution in [1.82, 2.24) is 10.0 Å². The Kier molecular flexibility index (Phi) is 4.92. The second-order valence-electron chi connectivity index (χ2n) is 3.37. The lowest BCUT2D eigenvalue weighted by molar-refractivity contribution is -0.118. The van der Waals surface area contributed by atoms with Crippen LogP contribution in [0.4, 0.5) is 0 Å². The van der Waals surface area contributed by atoms with Crippen molar-refractivity contribution < 1.29 is 13.2 Å². The van der Waals surface area contributed by atoms with E-state index in [0.717, 1.165) is 5.56 Å². The van der Waals surface area contributed by atoms with Gasteiger partial charge in [0.15, 0.2) is 0 Å². The summed E-state index contributed by atoms with van der Waals surface area (Å²) in [6.45, 7) is 0.273. The number of hydrogen-bond acceptors (Lipinski definition) is 3. The standard InChI is InChI=1S/C10H13ClN2O3S/c1-12-17(15,16)7-10(14)13-6-8-2-4-9(11)5-3-8/h2-5,12H,6-7H2,1H3,(H,13,14). The number of carbonyl (C=O) groups is 1. The third-order valence-electron chi connectivity index (χ3n) is 2.04. The summed E-state index contributed by atoms with van der Waals surface area (Å²) < 4.78 is 24.2. The van der Waals surface area contributed by atoms with Crippen LogP contribution in [0.15, 0.2) is 24.3 Å². The number of hydrogen-bond donors (Lipinski definition) is 2. The summed E-state index contributed by atoms with van der Waals surface area (Å²) in [6.07, 6.45) is 0. The highest BCUT2D eigenvalue weighted by Crippen LogP contribution is 2.08. The van der Waals surface area contributed by atoms with E-state index in [1.165, 1.54) is 7.05 Å². The Balaban J connectivity index is 2.46. The van der Waals surface area contributed by atoms with Crippen LogP contribution in [0.2, 0.25) is 5.02 Å². The molecule has 17 heavy (non-hydrogen) atoms. The van der Waals surface area contributed by atoms with Crippen molar-refractivity contribution in [1.29, 1.82) is 0 Å². The topological polar surface area (TPSA) is 75.3 Å². The third kappa shape index (κ3) is 5.16. The van der Waals surface area contributed by atoms with Gasteiger partial charge in [0.05, 0.1) is 0 Å². The number of halogens is 1. The number of carbonyl (C=O) groups excluding carboxylic acids is 1. The van der Waals surface area contributed by atoms with Crippen LogP contribution in [-0.2, 0) is 21.4 Å². The molecule has 1 aromatic carbocycles. The second kappa shape index (κ2) is 6.00. The van der Waals surface area contributed by atoms with Crippen LogP contribution in [0.3, 0.4) is 0 Å². The highest BCUT2D eigenvalue weighted by atomic mass is 35.5. The number of amides is 1. The molecule has 1 aromatic rings. The minimum Gasteiger partial charge on any atom is -0.351 e. The average molecular weight is 277 g/mol. The Morgan fingerprint density at radius 2 is 1.88 bits per heavy atom. The maximum Gasteiger partial charge on any atom is 0.236 e. The fourth-order valence-corrected chi connectivity index (χ4v) is 1.82. The van der Waals surface area contributed by atoms with Gasteiger partial charge in [-0.15, -0.1) is 0 Å². The molecule has 1 amide bonds. The van der Waals surface area contributed by atoms with Gasteiger partial charge in [0.25, 0.3) is 0 Å². The van der Waals surface area contributed by atoms with E-state index in [1.54, 1.807) is 24.3 Å². The van der Waals surface area contributed by atoms with Crippen molar-refractivity contribution in [2.24, 2.45) is 0 Å². The van der Waals surface area contributed by atoms with Gasteiger partial charge in [0, 0.05) is 11.6 Å². The molecule has 0 aromatic heterocycles. The van der Waals surface area contributed by atoms with Crippen LogP contribution in [0, 0.1) is 0 Å². The minimum absolute atomic E-state index is 0.273. The Bertz CT molecular complexity index is 485. The molecule has 0 aliphatic rings. The predicted octanol–water partition coefficient (Wildman–Crippen LogP) is 0.505.